The number of benzene rings is 1. The molecule has 27 heavy (non-hydrogen) atoms. The van der Waals surface area contributed by atoms with Gasteiger partial charge in [-0.25, -0.2) is 14.6 Å². The Morgan fingerprint density at radius 3 is 2.59 bits per heavy atom. The quantitative estimate of drug-likeness (QED) is 0.422. The fraction of sp³-hybridized carbons (Fsp3) is 0.263. The number of anilines is 1. The SMILES string of the molecule is Cc1cc(C)n(-c2cc(NCCNC(=O)c3ccccc3I)nc(C)n2)n1. The molecule has 0 saturated heterocycles. The molecule has 1 aromatic carbocycles. The summed E-state index contributed by atoms with van der Waals surface area (Å²) in [6.07, 6.45) is 0. The molecular formula is C19H21IN6O. The summed E-state index contributed by atoms with van der Waals surface area (Å²) in [5.41, 5.74) is 2.64. The van der Waals surface area contributed by atoms with Crippen molar-refractivity contribution in [1.82, 2.24) is 25.1 Å². The Morgan fingerprint density at radius 2 is 1.89 bits per heavy atom. The first-order valence-electron chi connectivity index (χ1n) is 8.60. The van der Waals surface area contributed by atoms with Crippen LogP contribution in [0.25, 0.3) is 5.82 Å². The zero-order chi connectivity index (χ0) is 19.4. The second-order valence-electron chi connectivity index (χ2n) is 6.16. The van der Waals surface area contributed by atoms with E-state index >= 15 is 0 Å². The molecule has 140 valence electrons. The average molecular weight is 476 g/mol. The molecule has 0 atom stereocenters. The molecule has 0 spiro atoms. The van der Waals surface area contributed by atoms with E-state index in [9.17, 15) is 4.79 Å². The second kappa shape index (κ2) is 8.47. The molecule has 0 aliphatic carbocycles. The fourth-order valence-electron chi connectivity index (χ4n) is 2.72. The summed E-state index contributed by atoms with van der Waals surface area (Å²) in [6.45, 7) is 6.84. The Kier molecular flexibility index (Phi) is 6.04. The van der Waals surface area contributed by atoms with Crippen LogP contribution < -0.4 is 10.6 Å². The summed E-state index contributed by atoms with van der Waals surface area (Å²) in [5.74, 6) is 2.00. The summed E-state index contributed by atoms with van der Waals surface area (Å²) >= 11 is 2.16. The van der Waals surface area contributed by atoms with E-state index in [0.29, 0.717) is 30.3 Å². The van der Waals surface area contributed by atoms with E-state index in [-0.39, 0.29) is 5.91 Å². The van der Waals surface area contributed by atoms with Crippen LogP contribution in [0.1, 0.15) is 27.6 Å². The van der Waals surface area contributed by atoms with Gasteiger partial charge >= 0.3 is 0 Å². The van der Waals surface area contributed by atoms with Crippen LogP contribution in [-0.4, -0.2) is 38.7 Å². The van der Waals surface area contributed by atoms with Crippen molar-refractivity contribution >= 4 is 34.3 Å². The number of halogens is 1. The predicted octanol–water partition coefficient (Wildman–Crippen LogP) is 3.03. The van der Waals surface area contributed by atoms with Crippen molar-refractivity contribution in [1.29, 1.82) is 0 Å². The van der Waals surface area contributed by atoms with Crippen molar-refractivity contribution in [3.05, 3.63) is 62.7 Å². The number of amides is 1. The number of carbonyl (C=O) groups excluding carboxylic acids is 1. The highest BCUT2D eigenvalue weighted by Crippen LogP contribution is 2.14. The number of nitrogens with one attached hydrogen (secondary N) is 2. The van der Waals surface area contributed by atoms with E-state index in [1.54, 1.807) is 4.68 Å². The van der Waals surface area contributed by atoms with Crippen molar-refractivity contribution in [2.45, 2.75) is 20.8 Å². The summed E-state index contributed by atoms with van der Waals surface area (Å²) in [6, 6.07) is 11.4. The van der Waals surface area contributed by atoms with E-state index in [0.717, 1.165) is 20.8 Å². The molecule has 3 aromatic rings. The molecule has 0 bridgehead atoms. The minimum atomic E-state index is -0.0796. The molecule has 0 unspecified atom stereocenters. The normalized spacial score (nSPS) is 10.7. The lowest BCUT2D eigenvalue weighted by atomic mass is 10.2. The van der Waals surface area contributed by atoms with Gasteiger partial charge in [0.2, 0.25) is 0 Å². The van der Waals surface area contributed by atoms with Gasteiger partial charge in [0.05, 0.1) is 11.3 Å². The monoisotopic (exact) mass is 476 g/mol. The summed E-state index contributed by atoms with van der Waals surface area (Å²) in [7, 11) is 0. The highest BCUT2D eigenvalue weighted by Gasteiger charge is 2.10. The molecule has 2 heterocycles. The molecule has 7 nitrogen and oxygen atoms in total. The van der Waals surface area contributed by atoms with Crippen LogP contribution in [-0.2, 0) is 0 Å². The van der Waals surface area contributed by atoms with E-state index in [1.165, 1.54) is 0 Å². The summed E-state index contributed by atoms with van der Waals surface area (Å²) < 4.78 is 2.73. The minimum Gasteiger partial charge on any atom is -0.368 e. The topological polar surface area (TPSA) is 84.7 Å². The van der Waals surface area contributed by atoms with E-state index in [1.807, 2.05) is 57.2 Å². The lowest BCUT2D eigenvalue weighted by Crippen LogP contribution is -2.29. The van der Waals surface area contributed by atoms with Gasteiger partial charge in [-0.05, 0) is 61.6 Å². The van der Waals surface area contributed by atoms with Crippen LogP contribution in [0.15, 0.2) is 36.4 Å². The lowest BCUT2D eigenvalue weighted by Gasteiger charge is -2.11. The molecule has 2 N–H and O–H groups in total. The smallest absolute Gasteiger partial charge is 0.252 e. The van der Waals surface area contributed by atoms with Gasteiger partial charge in [0, 0.05) is 28.4 Å². The first-order chi connectivity index (χ1) is 12.9. The van der Waals surface area contributed by atoms with Gasteiger partial charge in [-0.3, -0.25) is 4.79 Å². The van der Waals surface area contributed by atoms with Crippen molar-refractivity contribution in [2.24, 2.45) is 0 Å². The number of hydrogen-bond acceptors (Lipinski definition) is 5. The van der Waals surface area contributed by atoms with Gasteiger partial charge in [0.15, 0.2) is 5.82 Å². The molecule has 8 heteroatoms. The molecule has 3 rings (SSSR count). The number of carbonyl (C=O) groups is 1. The Balaban J connectivity index is 1.61. The molecule has 2 aromatic heterocycles. The summed E-state index contributed by atoms with van der Waals surface area (Å²) in [5, 5.41) is 10.6. The van der Waals surface area contributed by atoms with E-state index in [4.69, 9.17) is 0 Å². The Labute approximate surface area is 171 Å². The first kappa shape index (κ1) is 19.3. The number of rotatable bonds is 6. The molecule has 0 aliphatic rings. The fourth-order valence-corrected chi connectivity index (χ4v) is 3.35. The third kappa shape index (κ3) is 4.82. The van der Waals surface area contributed by atoms with Gasteiger partial charge in [-0.1, -0.05) is 12.1 Å². The van der Waals surface area contributed by atoms with E-state index in [2.05, 4.69) is 48.3 Å². The highest BCUT2D eigenvalue weighted by atomic mass is 127. The molecular weight excluding hydrogens is 455 g/mol. The minimum absolute atomic E-state index is 0.0796. The van der Waals surface area contributed by atoms with Gasteiger partial charge in [-0.15, -0.1) is 0 Å². The van der Waals surface area contributed by atoms with Crippen LogP contribution in [0.2, 0.25) is 0 Å². The van der Waals surface area contributed by atoms with Crippen LogP contribution in [0, 0.1) is 24.3 Å². The standard InChI is InChI=1S/C19H21IN6O/c1-12-10-13(2)26(25-12)18-11-17(23-14(3)24-18)21-8-9-22-19(27)15-6-4-5-7-16(15)20/h4-7,10-11H,8-9H2,1-3H3,(H,22,27)(H,21,23,24). The van der Waals surface area contributed by atoms with Crippen molar-refractivity contribution in [3.8, 4) is 5.82 Å². The maximum Gasteiger partial charge on any atom is 0.252 e. The number of aryl methyl sites for hydroxylation is 3. The maximum atomic E-state index is 12.2. The third-order valence-corrected chi connectivity index (χ3v) is 4.83. The average Bonchev–Trinajstić information content (AvgIpc) is 2.97. The molecule has 1 amide bonds. The number of nitrogens with zero attached hydrogens (tertiary/aromatic N) is 4. The first-order valence-corrected chi connectivity index (χ1v) is 9.68. The zero-order valence-electron chi connectivity index (χ0n) is 15.5. The number of hydrogen-bond donors (Lipinski definition) is 2. The largest absolute Gasteiger partial charge is 0.368 e. The van der Waals surface area contributed by atoms with Crippen LogP contribution in [0.3, 0.4) is 0 Å². The third-order valence-electron chi connectivity index (χ3n) is 3.89. The van der Waals surface area contributed by atoms with Gasteiger partial charge in [0.25, 0.3) is 5.91 Å². The molecule has 0 aliphatic heterocycles. The molecule has 0 saturated carbocycles. The van der Waals surface area contributed by atoms with E-state index < -0.39 is 0 Å². The predicted molar refractivity (Wildman–Crippen MR) is 113 cm³/mol. The Bertz CT molecular complexity index is 969. The van der Waals surface area contributed by atoms with Gasteiger partial charge in [0.1, 0.15) is 11.6 Å². The second-order valence-corrected chi connectivity index (χ2v) is 7.32. The lowest BCUT2D eigenvalue weighted by molar-refractivity contribution is 0.0954. The zero-order valence-corrected chi connectivity index (χ0v) is 17.6. The highest BCUT2D eigenvalue weighted by molar-refractivity contribution is 14.1. The summed E-state index contributed by atoms with van der Waals surface area (Å²) in [4.78, 5) is 21.1. The Hall–Kier alpha value is -2.49. The maximum absolute atomic E-state index is 12.2. The number of aromatic nitrogens is 4. The van der Waals surface area contributed by atoms with Crippen molar-refractivity contribution < 1.29 is 4.79 Å². The Morgan fingerprint density at radius 1 is 1.11 bits per heavy atom. The van der Waals surface area contributed by atoms with Crippen molar-refractivity contribution in [3.63, 3.8) is 0 Å². The van der Waals surface area contributed by atoms with Gasteiger partial charge < -0.3 is 10.6 Å². The van der Waals surface area contributed by atoms with Crippen molar-refractivity contribution in [2.75, 3.05) is 18.4 Å². The molecule has 0 fully saturated rings. The van der Waals surface area contributed by atoms with Gasteiger partial charge in [-0.2, -0.15) is 5.10 Å². The molecule has 0 radical (unpaired) electrons. The van der Waals surface area contributed by atoms with Crippen LogP contribution in [0.5, 0.6) is 0 Å². The van der Waals surface area contributed by atoms with Crippen LogP contribution >= 0.6 is 22.6 Å². The van der Waals surface area contributed by atoms with Crippen LogP contribution in [0.4, 0.5) is 5.82 Å².